The molecule has 20 heavy (non-hydrogen) atoms. The van der Waals surface area contributed by atoms with E-state index in [1.165, 1.54) is 30.3 Å². The van der Waals surface area contributed by atoms with Crippen LogP contribution in [0.15, 0.2) is 40.9 Å². The Morgan fingerprint density at radius 3 is 2.40 bits per heavy atom. The second kappa shape index (κ2) is 5.96. The van der Waals surface area contributed by atoms with Crippen LogP contribution in [0.4, 0.5) is 20.2 Å². The maximum absolute atomic E-state index is 13.0. The van der Waals surface area contributed by atoms with Crippen LogP contribution in [0, 0.1) is 21.7 Å². The zero-order chi connectivity index (χ0) is 14.7. The standard InChI is InChI=1S/C13H9BrF2N2O2/c14-12-2-1-11(18(19)20)6-13(12)17-7-8-3-9(15)5-10(16)4-8/h1-6,17H,7H2. The molecule has 1 N–H and O–H groups in total. The lowest BCUT2D eigenvalue weighted by atomic mass is 10.2. The molecule has 0 fully saturated rings. The Morgan fingerprint density at radius 2 is 1.80 bits per heavy atom. The van der Waals surface area contributed by atoms with Crippen molar-refractivity contribution in [2.45, 2.75) is 6.54 Å². The van der Waals surface area contributed by atoms with Crippen LogP contribution in [0.5, 0.6) is 0 Å². The van der Waals surface area contributed by atoms with Gasteiger partial charge in [0.15, 0.2) is 0 Å². The van der Waals surface area contributed by atoms with Gasteiger partial charge in [-0.05, 0) is 39.7 Å². The summed E-state index contributed by atoms with van der Waals surface area (Å²) in [5.74, 6) is -1.33. The van der Waals surface area contributed by atoms with Crippen LogP contribution in [0.25, 0.3) is 0 Å². The van der Waals surface area contributed by atoms with E-state index in [1.807, 2.05) is 0 Å². The highest BCUT2D eigenvalue weighted by atomic mass is 79.9. The second-order valence-corrected chi connectivity index (χ2v) is 4.91. The Bertz CT molecular complexity index is 645. The average Bonchev–Trinajstić information content (AvgIpc) is 2.36. The van der Waals surface area contributed by atoms with Gasteiger partial charge in [-0.1, -0.05) is 0 Å². The molecule has 0 unspecified atom stereocenters. The summed E-state index contributed by atoms with van der Waals surface area (Å²) in [7, 11) is 0. The van der Waals surface area contributed by atoms with E-state index in [2.05, 4.69) is 21.2 Å². The fourth-order valence-corrected chi connectivity index (χ4v) is 2.06. The topological polar surface area (TPSA) is 55.2 Å². The van der Waals surface area contributed by atoms with Crippen molar-refractivity contribution in [2.75, 3.05) is 5.32 Å². The van der Waals surface area contributed by atoms with E-state index in [-0.39, 0.29) is 12.2 Å². The lowest BCUT2D eigenvalue weighted by Crippen LogP contribution is -2.02. The smallest absolute Gasteiger partial charge is 0.271 e. The monoisotopic (exact) mass is 342 g/mol. The fraction of sp³-hybridized carbons (Fsp3) is 0.0769. The molecule has 0 aliphatic rings. The van der Waals surface area contributed by atoms with Crippen molar-refractivity contribution < 1.29 is 13.7 Å². The first-order chi connectivity index (χ1) is 9.45. The minimum absolute atomic E-state index is 0.0684. The quantitative estimate of drug-likeness (QED) is 0.667. The van der Waals surface area contributed by atoms with Gasteiger partial charge in [0.1, 0.15) is 11.6 Å². The Balaban J connectivity index is 2.18. The van der Waals surface area contributed by atoms with Gasteiger partial charge in [0, 0.05) is 29.2 Å². The predicted molar refractivity (Wildman–Crippen MR) is 74.5 cm³/mol. The number of anilines is 1. The summed E-state index contributed by atoms with van der Waals surface area (Å²) >= 11 is 3.25. The number of hydrogen-bond acceptors (Lipinski definition) is 3. The molecule has 4 nitrogen and oxygen atoms in total. The van der Waals surface area contributed by atoms with Crippen molar-refractivity contribution in [1.29, 1.82) is 0 Å². The molecule has 2 rings (SSSR count). The van der Waals surface area contributed by atoms with E-state index in [4.69, 9.17) is 0 Å². The molecule has 0 saturated carbocycles. The molecule has 2 aromatic rings. The molecule has 0 heterocycles. The largest absolute Gasteiger partial charge is 0.380 e. The summed E-state index contributed by atoms with van der Waals surface area (Å²) in [5.41, 5.74) is 0.811. The maximum atomic E-state index is 13.0. The van der Waals surface area contributed by atoms with E-state index >= 15 is 0 Å². The Labute approximate surface area is 121 Å². The molecule has 0 bridgehead atoms. The van der Waals surface area contributed by atoms with E-state index < -0.39 is 16.6 Å². The van der Waals surface area contributed by atoms with Crippen molar-refractivity contribution in [1.82, 2.24) is 0 Å². The van der Waals surface area contributed by atoms with E-state index in [0.29, 0.717) is 15.7 Å². The number of halogens is 3. The fourth-order valence-electron chi connectivity index (χ4n) is 1.67. The molecule has 0 aliphatic carbocycles. The highest BCUT2D eigenvalue weighted by Gasteiger charge is 2.09. The Morgan fingerprint density at radius 1 is 1.15 bits per heavy atom. The summed E-state index contributed by atoms with van der Waals surface area (Å²) in [6.07, 6.45) is 0. The van der Waals surface area contributed by atoms with Gasteiger partial charge in [0.05, 0.1) is 10.6 Å². The summed E-state index contributed by atoms with van der Waals surface area (Å²) in [6, 6.07) is 7.42. The van der Waals surface area contributed by atoms with Crippen LogP contribution < -0.4 is 5.32 Å². The van der Waals surface area contributed by atoms with Crippen LogP contribution in [0.1, 0.15) is 5.56 Å². The maximum Gasteiger partial charge on any atom is 0.271 e. The Hall–Kier alpha value is -2.02. The third kappa shape index (κ3) is 3.51. The second-order valence-electron chi connectivity index (χ2n) is 4.05. The van der Waals surface area contributed by atoms with Crippen LogP contribution >= 0.6 is 15.9 Å². The molecular weight excluding hydrogens is 334 g/mol. The number of rotatable bonds is 4. The van der Waals surface area contributed by atoms with Crippen LogP contribution in [0.2, 0.25) is 0 Å². The highest BCUT2D eigenvalue weighted by molar-refractivity contribution is 9.10. The van der Waals surface area contributed by atoms with Crippen molar-refractivity contribution in [3.63, 3.8) is 0 Å². The van der Waals surface area contributed by atoms with E-state index in [0.717, 1.165) is 6.07 Å². The molecule has 0 aliphatic heterocycles. The van der Waals surface area contributed by atoms with E-state index in [1.54, 1.807) is 0 Å². The number of nitro benzene ring substituents is 1. The molecule has 0 spiro atoms. The molecule has 0 aromatic heterocycles. The zero-order valence-electron chi connectivity index (χ0n) is 10.1. The van der Waals surface area contributed by atoms with Gasteiger partial charge in [-0.15, -0.1) is 0 Å². The minimum Gasteiger partial charge on any atom is -0.380 e. The molecule has 0 saturated heterocycles. The summed E-state index contributed by atoms with van der Waals surface area (Å²) in [4.78, 5) is 10.2. The van der Waals surface area contributed by atoms with Gasteiger partial charge >= 0.3 is 0 Å². The summed E-state index contributed by atoms with van der Waals surface area (Å²) in [6.45, 7) is 0.147. The average molecular weight is 343 g/mol. The third-order valence-electron chi connectivity index (χ3n) is 2.57. The van der Waals surface area contributed by atoms with Gasteiger partial charge in [-0.2, -0.15) is 0 Å². The molecule has 2 aromatic carbocycles. The van der Waals surface area contributed by atoms with Crippen molar-refractivity contribution >= 4 is 27.3 Å². The summed E-state index contributed by atoms with van der Waals surface area (Å²) < 4.78 is 26.7. The first kappa shape index (κ1) is 14.4. The molecule has 0 amide bonds. The number of non-ortho nitro benzene ring substituents is 1. The van der Waals surface area contributed by atoms with Gasteiger partial charge in [0.2, 0.25) is 0 Å². The first-order valence-corrected chi connectivity index (χ1v) is 6.38. The molecule has 7 heteroatoms. The highest BCUT2D eigenvalue weighted by Crippen LogP contribution is 2.27. The van der Waals surface area contributed by atoms with Crippen LogP contribution in [-0.2, 0) is 6.54 Å². The minimum atomic E-state index is -0.667. The molecule has 104 valence electrons. The number of benzene rings is 2. The first-order valence-electron chi connectivity index (χ1n) is 5.58. The number of nitrogens with zero attached hydrogens (tertiary/aromatic N) is 1. The van der Waals surface area contributed by atoms with Crippen LogP contribution in [0.3, 0.4) is 0 Å². The summed E-state index contributed by atoms with van der Waals surface area (Å²) in [5, 5.41) is 13.6. The van der Waals surface area contributed by atoms with Gasteiger partial charge in [0.25, 0.3) is 5.69 Å². The normalized spacial score (nSPS) is 10.3. The zero-order valence-corrected chi connectivity index (χ0v) is 11.7. The van der Waals surface area contributed by atoms with E-state index in [9.17, 15) is 18.9 Å². The van der Waals surface area contributed by atoms with Gasteiger partial charge in [-0.25, -0.2) is 8.78 Å². The van der Waals surface area contributed by atoms with Crippen LogP contribution in [-0.4, -0.2) is 4.92 Å². The predicted octanol–water partition coefficient (Wildman–Crippen LogP) is 4.25. The SMILES string of the molecule is O=[N+]([O-])c1ccc(Br)c(NCc2cc(F)cc(F)c2)c1. The van der Waals surface area contributed by atoms with Crippen molar-refractivity contribution in [3.05, 3.63) is 68.2 Å². The third-order valence-corrected chi connectivity index (χ3v) is 3.26. The lowest BCUT2D eigenvalue weighted by molar-refractivity contribution is -0.384. The molecule has 0 radical (unpaired) electrons. The molecule has 0 atom stereocenters. The number of nitrogens with one attached hydrogen (secondary N) is 1. The van der Waals surface area contributed by atoms with Gasteiger partial charge < -0.3 is 5.32 Å². The molecular formula is C13H9BrF2N2O2. The Kier molecular flexibility index (Phi) is 4.29. The van der Waals surface area contributed by atoms with Crippen molar-refractivity contribution in [3.8, 4) is 0 Å². The number of hydrogen-bond donors (Lipinski definition) is 1. The van der Waals surface area contributed by atoms with Crippen molar-refractivity contribution in [2.24, 2.45) is 0 Å². The van der Waals surface area contributed by atoms with Gasteiger partial charge in [-0.3, -0.25) is 10.1 Å². The number of nitro groups is 1. The lowest BCUT2D eigenvalue weighted by Gasteiger charge is -2.09.